The van der Waals surface area contributed by atoms with Crippen molar-refractivity contribution in [1.82, 2.24) is 30.1 Å². The minimum Gasteiger partial charge on any atom is -0.497 e. The summed E-state index contributed by atoms with van der Waals surface area (Å²) in [5, 5.41) is 13.6. The lowest BCUT2D eigenvalue weighted by molar-refractivity contribution is 0.177. The van der Waals surface area contributed by atoms with Gasteiger partial charge >= 0.3 is 0 Å². The summed E-state index contributed by atoms with van der Waals surface area (Å²) in [4.78, 5) is 18.7. The van der Waals surface area contributed by atoms with Crippen LogP contribution in [0.25, 0.3) is 10.9 Å². The highest BCUT2D eigenvalue weighted by Gasteiger charge is 2.31. The van der Waals surface area contributed by atoms with Gasteiger partial charge in [0.2, 0.25) is 0 Å². The van der Waals surface area contributed by atoms with Crippen LogP contribution in [0, 0.1) is 0 Å². The number of fused-ring (bicyclic) bond motifs is 1. The lowest BCUT2D eigenvalue weighted by Crippen LogP contribution is -2.38. The van der Waals surface area contributed by atoms with Gasteiger partial charge in [-0.3, -0.25) is 9.69 Å². The number of ether oxygens (including phenoxy) is 2. The number of methoxy groups -OCH3 is 1. The predicted octanol–water partition coefficient (Wildman–Crippen LogP) is 3.55. The lowest BCUT2D eigenvalue weighted by atomic mass is 10.0. The molecule has 0 spiro atoms. The molecule has 5 rings (SSSR count). The summed E-state index contributed by atoms with van der Waals surface area (Å²) in [5.41, 5.74) is 2.33. The fourth-order valence-corrected chi connectivity index (χ4v) is 4.76. The number of hydrogen-bond donors (Lipinski definition) is 1. The number of tetrazole rings is 1. The Labute approximate surface area is 203 Å². The Hall–Kier alpha value is -3.72. The third kappa shape index (κ3) is 4.90. The summed E-state index contributed by atoms with van der Waals surface area (Å²) >= 11 is 0. The van der Waals surface area contributed by atoms with Crippen LogP contribution in [-0.2, 0) is 6.54 Å². The number of rotatable bonds is 8. The van der Waals surface area contributed by atoms with E-state index < -0.39 is 0 Å². The minimum absolute atomic E-state index is 0.128. The molecule has 0 aliphatic carbocycles. The van der Waals surface area contributed by atoms with Crippen molar-refractivity contribution in [2.24, 2.45) is 0 Å². The van der Waals surface area contributed by atoms with Crippen molar-refractivity contribution in [3.05, 3.63) is 75.8 Å². The number of piperidine rings is 1. The van der Waals surface area contributed by atoms with E-state index in [9.17, 15) is 4.79 Å². The molecular weight excluding hydrogens is 444 g/mol. The molecule has 0 radical (unpaired) electrons. The van der Waals surface area contributed by atoms with Crippen molar-refractivity contribution in [2.75, 3.05) is 26.8 Å². The second-order valence-electron chi connectivity index (χ2n) is 8.78. The van der Waals surface area contributed by atoms with E-state index in [1.54, 1.807) is 11.8 Å². The zero-order chi connectivity index (χ0) is 24.2. The Morgan fingerprint density at radius 3 is 2.54 bits per heavy atom. The quantitative estimate of drug-likeness (QED) is 0.417. The first-order valence-electron chi connectivity index (χ1n) is 12.1. The molecule has 1 aliphatic rings. The normalized spacial score (nSPS) is 15.3. The molecule has 9 nitrogen and oxygen atoms in total. The van der Waals surface area contributed by atoms with E-state index in [1.807, 2.05) is 55.5 Å². The first-order valence-corrected chi connectivity index (χ1v) is 12.1. The van der Waals surface area contributed by atoms with Crippen LogP contribution in [-0.4, -0.2) is 56.9 Å². The van der Waals surface area contributed by atoms with Crippen LogP contribution >= 0.6 is 0 Å². The van der Waals surface area contributed by atoms with Gasteiger partial charge in [-0.1, -0.05) is 18.6 Å². The van der Waals surface area contributed by atoms with Gasteiger partial charge in [-0.2, -0.15) is 0 Å². The van der Waals surface area contributed by atoms with Gasteiger partial charge < -0.3 is 14.5 Å². The number of nitrogens with one attached hydrogen (secondary N) is 1. The highest BCUT2D eigenvalue weighted by molar-refractivity contribution is 5.80. The summed E-state index contributed by atoms with van der Waals surface area (Å²) in [6.45, 7) is 4.81. The van der Waals surface area contributed by atoms with E-state index in [-0.39, 0.29) is 11.6 Å². The summed E-state index contributed by atoms with van der Waals surface area (Å²) < 4.78 is 12.8. The van der Waals surface area contributed by atoms with Crippen molar-refractivity contribution in [3.8, 4) is 11.5 Å². The number of aromatic nitrogens is 5. The second kappa shape index (κ2) is 10.3. The fraction of sp³-hybridized carbons (Fsp3) is 0.385. The molecule has 0 bridgehead atoms. The molecule has 1 aliphatic heterocycles. The van der Waals surface area contributed by atoms with Gasteiger partial charge in [-0.15, -0.1) is 5.10 Å². The largest absolute Gasteiger partial charge is 0.497 e. The summed E-state index contributed by atoms with van der Waals surface area (Å²) in [7, 11) is 1.65. The monoisotopic (exact) mass is 474 g/mol. The molecule has 0 saturated carbocycles. The SMILES string of the molecule is CCOc1ccc2[nH]c(=O)c(C(c3nnnn3Cc3ccc(OC)cc3)N3CCCCC3)cc2c1. The molecule has 9 heteroatoms. The Balaban J connectivity index is 1.57. The van der Waals surface area contributed by atoms with Crippen molar-refractivity contribution in [3.63, 3.8) is 0 Å². The molecule has 182 valence electrons. The highest BCUT2D eigenvalue weighted by atomic mass is 16.5. The molecule has 2 aromatic carbocycles. The van der Waals surface area contributed by atoms with E-state index in [2.05, 4.69) is 25.4 Å². The van der Waals surface area contributed by atoms with Crippen molar-refractivity contribution >= 4 is 10.9 Å². The maximum Gasteiger partial charge on any atom is 0.253 e. The van der Waals surface area contributed by atoms with Crippen LogP contribution in [0.4, 0.5) is 0 Å². The summed E-state index contributed by atoms with van der Waals surface area (Å²) in [6, 6.07) is 15.2. The van der Waals surface area contributed by atoms with Gasteiger partial charge in [0.05, 0.1) is 20.3 Å². The Morgan fingerprint density at radius 2 is 1.80 bits per heavy atom. The van der Waals surface area contributed by atoms with Crippen molar-refractivity contribution < 1.29 is 9.47 Å². The molecule has 1 unspecified atom stereocenters. The zero-order valence-corrected chi connectivity index (χ0v) is 20.1. The number of nitrogens with zero attached hydrogens (tertiary/aromatic N) is 5. The second-order valence-corrected chi connectivity index (χ2v) is 8.78. The summed E-state index contributed by atoms with van der Waals surface area (Å²) in [6.07, 6.45) is 3.35. The minimum atomic E-state index is -0.354. The number of benzene rings is 2. The Morgan fingerprint density at radius 1 is 1.03 bits per heavy atom. The van der Waals surface area contributed by atoms with E-state index in [0.717, 1.165) is 53.9 Å². The third-order valence-electron chi connectivity index (χ3n) is 6.50. The predicted molar refractivity (Wildman–Crippen MR) is 133 cm³/mol. The smallest absolute Gasteiger partial charge is 0.253 e. The third-order valence-corrected chi connectivity index (χ3v) is 6.50. The number of hydrogen-bond acceptors (Lipinski definition) is 7. The number of H-pyrrole nitrogens is 1. The number of likely N-dealkylation sites (tertiary alicyclic amines) is 1. The summed E-state index contributed by atoms with van der Waals surface area (Å²) in [5.74, 6) is 2.23. The topological polar surface area (TPSA) is 98.2 Å². The van der Waals surface area contributed by atoms with Gasteiger partial charge in [-0.05, 0) is 85.2 Å². The molecule has 0 amide bonds. The molecule has 1 fully saturated rings. The Bertz CT molecular complexity index is 1340. The number of pyridine rings is 1. The first kappa shape index (κ1) is 23.0. The van der Waals surface area contributed by atoms with Gasteiger partial charge in [0.15, 0.2) is 5.82 Å². The van der Waals surface area contributed by atoms with Crippen LogP contribution in [0.2, 0.25) is 0 Å². The maximum absolute atomic E-state index is 13.4. The standard InChI is InChI=1S/C26H30N6O3/c1-3-35-21-11-12-23-19(15-21)16-22(26(33)27-23)24(31-13-5-4-6-14-31)25-28-29-30-32(25)17-18-7-9-20(34-2)10-8-18/h7-12,15-16,24H,3-6,13-14,17H2,1-2H3,(H,27,33). The lowest BCUT2D eigenvalue weighted by Gasteiger charge is -2.33. The van der Waals surface area contributed by atoms with Crippen molar-refractivity contribution in [2.45, 2.75) is 38.8 Å². The molecule has 1 saturated heterocycles. The van der Waals surface area contributed by atoms with Gasteiger partial charge in [0.1, 0.15) is 17.5 Å². The van der Waals surface area contributed by atoms with Gasteiger partial charge in [-0.25, -0.2) is 4.68 Å². The van der Waals surface area contributed by atoms with Crippen molar-refractivity contribution in [1.29, 1.82) is 0 Å². The Kier molecular flexibility index (Phi) is 6.76. The molecule has 1 atom stereocenters. The average Bonchev–Trinajstić information content (AvgIpc) is 3.33. The molecule has 2 aromatic heterocycles. The van der Waals surface area contributed by atoms with E-state index >= 15 is 0 Å². The van der Waals surface area contributed by atoms with E-state index in [4.69, 9.17) is 9.47 Å². The first-order chi connectivity index (χ1) is 17.2. The van der Waals surface area contributed by atoms with Crippen LogP contribution in [0.3, 0.4) is 0 Å². The average molecular weight is 475 g/mol. The molecular formula is C26H30N6O3. The molecule has 35 heavy (non-hydrogen) atoms. The van der Waals surface area contributed by atoms with Crippen LogP contribution in [0.15, 0.2) is 53.3 Å². The zero-order valence-electron chi connectivity index (χ0n) is 20.1. The fourth-order valence-electron chi connectivity index (χ4n) is 4.76. The highest BCUT2D eigenvalue weighted by Crippen LogP contribution is 2.30. The van der Waals surface area contributed by atoms with Crippen LogP contribution < -0.4 is 15.0 Å². The number of aromatic amines is 1. The molecule has 3 heterocycles. The molecule has 4 aromatic rings. The van der Waals surface area contributed by atoms with Gasteiger partial charge in [0.25, 0.3) is 5.56 Å². The van der Waals surface area contributed by atoms with E-state index in [1.165, 1.54) is 6.42 Å². The maximum atomic E-state index is 13.4. The van der Waals surface area contributed by atoms with E-state index in [0.29, 0.717) is 24.5 Å². The van der Waals surface area contributed by atoms with Crippen LogP contribution in [0.1, 0.15) is 49.2 Å². The van der Waals surface area contributed by atoms with Gasteiger partial charge in [0, 0.05) is 16.5 Å². The van der Waals surface area contributed by atoms with Crippen LogP contribution in [0.5, 0.6) is 11.5 Å². The molecule has 1 N–H and O–H groups in total.